The number of ketones is 1. The number of ether oxygens (including phenoxy) is 4. The SMILES string of the molecule is O=C1C(=O)N(CCN2CCCC2)[C@@H](c2ccc3c(c2)OCO3)C1=C(O)c1ccc2c(c1)OCCO2. The van der Waals surface area contributed by atoms with Crippen LogP contribution in [0.2, 0.25) is 0 Å². The van der Waals surface area contributed by atoms with Gasteiger partial charge in [0.15, 0.2) is 23.0 Å². The summed E-state index contributed by atoms with van der Waals surface area (Å²) in [5.74, 6) is 0.648. The van der Waals surface area contributed by atoms with Gasteiger partial charge in [-0.25, -0.2) is 0 Å². The van der Waals surface area contributed by atoms with Crippen LogP contribution in [0.25, 0.3) is 5.76 Å². The third-order valence-electron chi connectivity index (χ3n) is 6.92. The molecule has 1 N–H and O–H groups in total. The van der Waals surface area contributed by atoms with Crippen LogP contribution in [0.3, 0.4) is 0 Å². The Morgan fingerprint density at radius 2 is 1.54 bits per heavy atom. The van der Waals surface area contributed by atoms with Crippen molar-refractivity contribution in [3.05, 3.63) is 53.1 Å². The number of fused-ring (bicyclic) bond motifs is 2. The van der Waals surface area contributed by atoms with E-state index in [-0.39, 0.29) is 18.1 Å². The van der Waals surface area contributed by atoms with Crippen molar-refractivity contribution in [2.75, 3.05) is 46.2 Å². The molecule has 0 radical (unpaired) electrons. The van der Waals surface area contributed by atoms with E-state index in [2.05, 4.69) is 4.90 Å². The summed E-state index contributed by atoms with van der Waals surface area (Å²) >= 11 is 0. The Bertz CT molecular complexity index is 1220. The predicted octanol–water partition coefficient (Wildman–Crippen LogP) is 2.70. The Labute approximate surface area is 202 Å². The van der Waals surface area contributed by atoms with Crippen molar-refractivity contribution in [1.29, 1.82) is 0 Å². The van der Waals surface area contributed by atoms with Crippen LogP contribution in [0.15, 0.2) is 42.0 Å². The lowest BCUT2D eigenvalue weighted by Gasteiger charge is -2.27. The number of rotatable bonds is 5. The van der Waals surface area contributed by atoms with E-state index in [4.69, 9.17) is 18.9 Å². The van der Waals surface area contributed by atoms with Gasteiger partial charge < -0.3 is 33.9 Å². The largest absolute Gasteiger partial charge is 0.507 e. The van der Waals surface area contributed by atoms with Gasteiger partial charge >= 0.3 is 0 Å². The van der Waals surface area contributed by atoms with Gasteiger partial charge in [0.2, 0.25) is 6.79 Å². The molecule has 2 fully saturated rings. The van der Waals surface area contributed by atoms with E-state index in [1.165, 1.54) is 0 Å². The number of carbonyl (C=O) groups is 2. The van der Waals surface area contributed by atoms with Crippen LogP contribution >= 0.6 is 0 Å². The summed E-state index contributed by atoms with van der Waals surface area (Å²) in [6.07, 6.45) is 2.27. The van der Waals surface area contributed by atoms with Crippen molar-refractivity contribution < 1.29 is 33.6 Å². The molecular formula is C26H26N2O7. The normalized spacial score (nSPS) is 22.7. The van der Waals surface area contributed by atoms with E-state index in [1.54, 1.807) is 35.2 Å². The molecule has 2 aromatic carbocycles. The average molecular weight is 479 g/mol. The monoisotopic (exact) mass is 478 g/mol. The Kier molecular flexibility index (Phi) is 5.49. The quantitative estimate of drug-likeness (QED) is 0.398. The molecule has 0 spiro atoms. The number of aliphatic hydroxyl groups is 1. The minimum atomic E-state index is -0.750. The van der Waals surface area contributed by atoms with Crippen molar-refractivity contribution >= 4 is 17.4 Å². The summed E-state index contributed by atoms with van der Waals surface area (Å²) < 4.78 is 22.2. The van der Waals surface area contributed by atoms with Gasteiger partial charge in [-0.2, -0.15) is 0 Å². The molecule has 2 saturated heterocycles. The van der Waals surface area contributed by atoms with Crippen molar-refractivity contribution in [2.45, 2.75) is 18.9 Å². The van der Waals surface area contributed by atoms with Crippen LogP contribution in [0.4, 0.5) is 0 Å². The Hall–Kier alpha value is -3.72. The van der Waals surface area contributed by atoms with E-state index in [9.17, 15) is 14.7 Å². The molecule has 182 valence electrons. The molecule has 0 bridgehead atoms. The van der Waals surface area contributed by atoms with Crippen LogP contribution < -0.4 is 18.9 Å². The summed E-state index contributed by atoms with van der Waals surface area (Å²) in [6.45, 7) is 3.97. The van der Waals surface area contributed by atoms with Gasteiger partial charge in [-0.05, 0) is 61.8 Å². The van der Waals surface area contributed by atoms with Crippen molar-refractivity contribution in [1.82, 2.24) is 9.80 Å². The standard InChI is InChI=1S/C26H26N2O7/c29-24(17-4-6-18-20(14-17)33-12-11-32-18)22-23(16-3-5-19-21(13-16)35-15-34-19)28(26(31)25(22)30)10-9-27-7-1-2-8-27/h3-6,13-14,23,29H,1-2,7-12,15H2/t23-/m0/s1. The third-order valence-corrected chi connectivity index (χ3v) is 6.92. The van der Waals surface area contributed by atoms with Crippen molar-refractivity contribution in [3.63, 3.8) is 0 Å². The molecular weight excluding hydrogens is 452 g/mol. The first kappa shape index (κ1) is 21.8. The van der Waals surface area contributed by atoms with Gasteiger partial charge in [-0.1, -0.05) is 6.07 Å². The van der Waals surface area contributed by atoms with Crippen molar-refractivity contribution in [2.24, 2.45) is 0 Å². The highest BCUT2D eigenvalue weighted by molar-refractivity contribution is 6.46. The molecule has 6 rings (SSSR count). The maximum absolute atomic E-state index is 13.3. The second-order valence-electron chi connectivity index (χ2n) is 9.01. The van der Waals surface area contributed by atoms with Gasteiger partial charge in [0.25, 0.3) is 11.7 Å². The van der Waals surface area contributed by atoms with Crippen LogP contribution in [-0.4, -0.2) is 72.8 Å². The second kappa shape index (κ2) is 8.81. The maximum Gasteiger partial charge on any atom is 0.295 e. The van der Waals surface area contributed by atoms with Crippen LogP contribution in [0.1, 0.15) is 30.0 Å². The molecule has 4 heterocycles. The summed E-state index contributed by atoms with van der Waals surface area (Å²) in [5, 5.41) is 11.3. The molecule has 0 aromatic heterocycles. The zero-order valence-electron chi connectivity index (χ0n) is 19.2. The smallest absolute Gasteiger partial charge is 0.295 e. The molecule has 1 atom stereocenters. The average Bonchev–Trinajstić information content (AvgIpc) is 3.62. The Morgan fingerprint density at radius 3 is 2.37 bits per heavy atom. The van der Waals surface area contributed by atoms with Gasteiger partial charge in [0, 0.05) is 18.7 Å². The van der Waals surface area contributed by atoms with Crippen molar-refractivity contribution in [3.8, 4) is 23.0 Å². The summed E-state index contributed by atoms with van der Waals surface area (Å²) in [6, 6.07) is 9.60. The van der Waals surface area contributed by atoms with E-state index in [1.807, 2.05) is 6.07 Å². The lowest BCUT2D eigenvalue weighted by Crippen LogP contribution is -2.37. The van der Waals surface area contributed by atoms with Gasteiger partial charge in [0.1, 0.15) is 19.0 Å². The highest BCUT2D eigenvalue weighted by atomic mass is 16.7. The highest BCUT2D eigenvalue weighted by Crippen LogP contribution is 2.43. The molecule has 4 aliphatic heterocycles. The first-order chi connectivity index (χ1) is 17.1. The van der Waals surface area contributed by atoms with E-state index < -0.39 is 17.7 Å². The van der Waals surface area contributed by atoms with E-state index in [0.717, 1.165) is 25.9 Å². The Morgan fingerprint density at radius 1 is 0.857 bits per heavy atom. The van der Waals surface area contributed by atoms with Crippen LogP contribution in [-0.2, 0) is 9.59 Å². The summed E-state index contributed by atoms with van der Waals surface area (Å²) in [7, 11) is 0. The molecule has 9 nitrogen and oxygen atoms in total. The lowest BCUT2D eigenvalue weighted by atomic mass is 9.95. The lowest BCUT2D eigenvalue weighted by molar-refractivity contribution is -0.140. The van der Waals surface area contributed by atoms with E-state index >= 15 is 0 Å². The van der Waals surface area contributed by atoms with Crippen LogP contribution in [0, 0.1) is 0 Å². The number of amides is 1. The van der Waals surface area contributed by atoms with E-state index in [0.29, 0.717) is 60.4 Å². The van der Waals surface area contributed by atoms with Crippen LogP contribution in [0.5, 0.6) is 23.0 Å². The fraction of sp³-hybridized carbons (Fsp3) is 0.385. The molecule has 1 amide bonds. The Balaban J connectivity index is 1.42. The molecule has 2 aromatic rings. The second-order valence-corrected chi connectivity index (χ2v) is 9.01. The number of benzene rings is 2. The number of hydrogen-bond donors (Lipinski definition) is 1. The first-order valence-electron chi connectivity index (χ1n) is 11.9. The molecule has 9 heteroatoms. The number of carbonyl (C=O) groups excluding carboxylic acids is 2. The number of Topliss-reactive ketones (excluding diaryl/α,β-unsaturated/α-hetero) is 1. The molecule has 0 unspecified atom stereocenters. The minimum Gasteiger partial charge on any atom is -0.507 e. The number of likely N-dealkylation sites (tertiary alicyclic amines) is 2. The first-order valence-corrected chi connectivity index (χ1v) is 11.9. The third kappa shape index (κ3) is 3.85. The zero-order chi connectivity index (χ0) is 23.9. The predicted molar refractivity (Wildman–Crippen MR) is 125 cm³/mol. The topological polar surface area (TPSA) is 97.8 Å². The number of hydrogen-bond acceptors (Lipinski definition) is 8. The number of aliphatic hydroxyl groups excluding tert-OH is 1. The molecule has 0 aliphatic carbocycles. The van der Waals surface area contributed by atoms with Gasteiger partial charge in [-0.15, -0.1) is 0 Å². The number of nitrogens with zero attached hydrogens (tertiary/aromatic N) is 2. The fourth-order valence-electron chi connectivity index (χ4n) is 5.14. The fourth-order valence-corrected chi connectivity index (χ4v) is 5.14. The van der Waals surface area contributed by atoms with Gasteiger partial charge in [-0.3, -0.25) is 9.59 Å². The molecule has 4 aliphatic rings. The molecule has 0 saturated carbocycles. The maximum atomic E-state index is 13.3. The highest BCUT2D eigenvalue weighted by Gasteiger charge is 2.46. The zero-order valence-corrected chi connectivity index (χ0v) is 19.2. The summed E-state index contributed by atoms with van der Waals surface area (Å²) in [5.41, 5.74) is 1.11. The van der Waals surface area contributed by atoms with Gasteiger partial charge in [0.05, 0.1) is 11.6 Å². The minimum absolute atomic E-state index is 0.0481. The molecule has 35 heavy (non-hydrogen) atoms. The summed E-state index contributed by atoms with van der Waals surface area (Å²) in [4.78, 5) is 30.4.